The van der Waals surface area contributed by atoms with E-state index >= 15 is 0 Å². The van der Waals surface area contributed by atoms with Crippen molar-refractivity contribution < 1.29 is 4.79 Å². The number of hydrogen-bond donors (Lipinski definition) is 3. The molecule has 0 aliphatic heterocycles. The Morgan fingerprint density at radius 2 is 2.00 bits per heavy atom. The monoisotopic (exact) mass is 271 g/mol. The van der Waals surface area contributed by atoms with E-state index in [4.69, 9.17) is 11.5 Å². The molecule has 0 radical (unpaired) electrons. The molecule has 6 nitrogen and oxygen atoms in total. The minimum absolute atomic E-state index is 0.254. The number of aromatic nitrogens is 1. The Balaban J connectivity index is 2.36. The highest BCUT2D eigenvalue weighted by Gasteiger charge is 2.09. The molecule has 104 valence electrons. The average molecular weight is 271 g/mol. The average Bonchev–Trinajstić information content (AvgIpc) is 2.41. The number of hydrogen-bond acceptors (Lipinski definition) is 5. The number of nitrogens with zero attached hydrogens (tertiary/aromatic N) is 2. The lowest BCUT2D eigenvalue weighted by Gasteiger charge is -2.18. The number of primary amides is 1. The summed E-state index contributed by atoms with van der Waals surface area (Å²) in [5.74, 6) is -0.0591. The van der Waals surface area contributed by atoms with Crippen LogP contribution in [0.3, 0.4) is 0 Å². The third-order valence-corrected chi connectivity index (χ3v) is 2.85. The topological polar surface area (TPSA) is 97.3 Å². The van der Waals surface area contributed by atoms with Gasteiger partial charge in [-0.15, -0.1) is 0 Å². The first-order valence-electron chi connectivity index (χ1n) is 6.07. The number of anilines is 4. The number of benzene rings is 1. The van der Waals surface area contributed by atoms with Crippen LogP contribution in [0.4, 0.5) is 22.9 Å². The lowest BCUT2D eigenvalue weighted by molar-refractivity contribution is 0.100. The third kappa shape index (κ3) is 2.80. The number of para-hydroxylation sites is 2. The van der Waals surface area contributed by atoms with Gasteiger partial charge in [0.25, 0.3) is 5.91 Å². The van der Waals surface area contributed by atoms with Crippen molar-refractivity contribution in [3.63, 3.8) is 0 Å². The Bertz CT molecular complexity index is 639. The minimum Gasteiger partial charge on any atom is -0.397 e. The highest BCUT2D eigenvalue weighted by molar-refractivity contribution is 5.98. The van der Waals surface area contributed by atoms with Crippen LogP contribution in [0.1, 0.15) is 10.4 Å². The molecule has 1 heterocycles. The van der Waals surface area contributed by atoms with Crippen molar-refractivity contribution in [1.29, 1.82) is 0 Å². The molecule has 0 bridgehead atoms. The predicted molar refractivity (Wildman–Crippen MR) is 81.2 cm³/mol. The maximum atomic E-state index is 11.3. The SMILES string of the molecule is CN(C)c1ccccc1Nc1cc(C(N)=O)c(N)cn1. The van der Waals surface area contributed by atoms with Crippen LogP contribution in [0.25, 0.3) is 0 Å². The fraction of sp³-hybridized carbons (Fsp3) is 0.143. The number of carbonyl (C=O) groups is 1. The van der Waals surface area contributed by atoms with Crippen molar-refractivity contribution in [3.05, 3.63) is 42.1 Å². The Labute approximate surface area is 117 Å². The van der Waals surface area contributed by atoms with Gasteiger partial charge in [0, 0.05) is 14.1 Å². The van der Waals surface area contributed by atoms with E-state index in [-0.39, 0.29) is 11.3 Å². The van der Waals surface area contributed by atoms with Crippen LogP contribution in [0, 0.1) is 0 Å². The first kappa shape index (κ1) is 13.7. The highest BCUT2D eigenvalue weighted by atomic mass is 16.1. The zero-order valence-electron chi connectivity index (χ0n) is 11.4. The molecule has 0 fully saturated rings. The summed E-state index contributed by atoms with van der Waals surface area (Å²) in [4.78, 5) is 17.4. The van der Waals surface area contributed by atoms with E-state index in [1.807, 2.05) is 43.3 Å². The normalized spacial score (nSPS) is 10.1. The lowest BCUT2D eigenvalue weighted by Crippen LogP contribution is -2.15. The van der Waals surface area contributed by atoms with Gasteiger partial charge in [-0.3, -0.25) is 4.79 Å². The molecule has 1 aromatic heterocycles. The molecule has 0 atom stereocenters. The number of amides is 1. The fourth-order valence-corrected chi connectivity index (χ4v) is 1.85. The van der Waals surface area contributed by atoms with Gasteiger partial charge in [0.15, 0.2) is 0 Å². The summed E-state index contributed by atoms with van der Waals surface area (Å²) in [7, 11) is 3.90. The number of nitrogens with one attached hydrogen (secondary N) is 1. The maximum Gasteiger partial charge on any atom is 0.250 e. The van der Waals surface area contributed by atoms with E-state index in [1.165, 1.54) is 6.20 Å². The summed E-state index contributed by atoms with van der Waals surface area (Å²) in [6.45, 7) is 0. The van der Waals surface area contributed by atoms with Crippen molar-refractivity contribution in [3.8, 4) is 0 Å². The summed E-state index contributed by atoms with van der Waals surface area (Å²) in [5.41, 5.74) is 13.3. The number of pyridine rings is 1. The first-order chi connectivity index (χ1) is 9.49. The zero-order valence-corrected chi connectivity index (χ0v) is 11.4. The Kier molecular flexibility index (Phi) is 3.74. The molecule has 0 unspecified atom stereocenters. The quantitative estimate of drug-likeness (QED) is 0.784. The fourth-order valence-electron chi connectivity index (χ4n) is 1.85. The standard InChI is InChI=1S/C14H17N5O/c1-19(2)12-6-4-3-5-11(12)18-13-7-9(14(16)20)10(15)8-17-13/h3-8H,15H2,1-2H3,(H2,16,20)(H,17,18). The van der Waals surface area contributed by atoms with Crippen LogP contribution >= 0.6 is 0 Å². The van der Waals surface area contributed by atoms with E-state index in [9.17, 15) is 4.79 Å². The molecule has 2 rings (SSSR count). The lowest BCUT2D eigenvalue weighted by atomic mass is 10.2. The molecule has 0 saturated heterocycles. The molecule has 0 saturated carbocycles. The smallest absolute Gasteiger partial charge is 0.250 e. The van der Waals surface area contributed by atoms with Gasteiger partial charge >= 0.3 is 0 Å². The number of carbonyl (C=O) groups excluding carboxylic acids is 1. The first-order valence-corrected chi connectivity index (χ1v) is 6.07. The van der Waals surface area contributed by atoms with Crippen molar-refractivity contribution in [2.75, 3.05) is 30.0 Å². The second kappa shape index (κ2) is 5.48. The number of nitrogens with two attached hydrogens (primary N) is 2. The van der Waals surface area contributed by atoms with Crippen LogP contribution < -0.4 is 21.7 Å². The van der Waals surface area contributed by atoms with Crippen LogP contribution in [0.15, 0.2) is 36.5 Å². The van der Waals surface area contributed by atoms with Crippen LogP contribution in [-0.2, 0) is 0 Å². The zero-order chi connectivity index (χ0) is 14.7. The number of rotatable bonds is 4. The second-order valence-corrected chi connectivity index (χ2v) is 4.56. The highest BCUT2D eigenvalue weighted by Crippen LogP contribution is 2.27. The molecular formula is C14H17N5O. The van der Waals surface area contributed by atoms with Crippen LogP contribution in [0.2, 0.25) is 0 Å². The summed E-state index contributed by atoms with van der Waals surface area (Å²) in [5, 5.41) is 3.16. The van der Waals surface area contributed by atoms with Crippen molar-refractivity contribution in [2.24, 2.45) is 5.73 Å². The molecule has 1 amide bonds. The van der Waals surface area contributed by atoms with Crippen LogP contribution in [0.5, 0.6) is 0 Å². The van der Waals surface area contributed by atoms with Gasteiger partial charge in [0.2, 0.25) is 0 Å². The molecule has 0 aliphatic rings. The van der Waals surface area contributed by atoms with Crippen molar-refractivity contribution in [2.45, 2.75) is 0 Å². The molecule has 6 heteroatoms. The summed E-state index contributed by atoms with van der Waals surface area (Å²) in [6.07, 6.45) is 1.42. The molecule has 1 aromatic carbocycles. The van der Waals surface area contributed by atoms with E-state index in [1.54, 1.807) is 6.07 Å². The predicted octanol–water partition coefficient (Wildman–Crippen LogP) is 1.57. The van der Waals surface area contributed by atoms with E-state index < -0.39 is 5.91 Å². The summed E-state index contributed by atoms with van der Waals surface area (Å²) < 4.78 is 0. The molecule has 0 spiro atoms. The summed E-state index contributed by atoms with van der Waals surface area (Å²) >= 11 is 0. The van der Waals surface area contributed by atoms with Crippen molar-refractivity contribution in [1.82, 2.24) is 4.98 Å². The van der Waals surface area contributed by atoms with E-state index in [0.29, 0.717) is 5.82 Å². The second-order valence-electron chi connectivity index (χ2n) is 4.56. The van der Waals surface area contributed by atoms with Crippen molar-refractivity contribution >= 4 is 28.8 Å². The Hall–Kier alpha value is -2.76. The molecular weight excluding hydrogens is 254 g/mol. The molecule has 20 heavy (non-hydrogen) atoms. The van der Waals surface area contributed by atoms with Gasteiger partial charge < -0.3 is 21.7 Å². The maximum absolute atomic E-state index is 11.3. The largest absolute Gasteiger partial charge is 0.397 e. The third-order valence-electron chi connectivity index (χ3n) is 2.85. The number of nitrogen functional groups attached to an aromatic ring is 1. The van der Waals surface area contributed by atoms with E-state index in [2.05, 4.69) is 10.3 Å². The molecule has 2 aromatic rings. The van der Waals surface area contributed by atoms with Gasteiger partial charge in [-0.2, -0.15) is 0 Å². The Morgan fingerprint density at radius 3 is 2.65 bits per heavy atom. The van der Waals surface area contributed by atoms with Crippen LogP contribution in [-0.4, -0.2) is 25.0 Å². The molecule has 0 aliphatic carbocycles. The van der Waals surface area contributed by atoms with E-state index in [0.717, 1.165) is 11.4 Å². The summed E-state index contributed by atoms with van der Waals surface area (Å²) in [6, 6.07) is 9.32. The van der Waals surface area contributed by atoms with Gasteiger partial charge in [-0.05, 0) is 18.2 Å². The van der Waals surface area contributed by atoms with Gasteiger partial charge in [-0.1, -0.05) is 12.1 Å². The minimum atomic E-state index is -0.575. The van der Waals surface area contributed by atoms with Gasteiger partial charge in [0.05, 0.1) is 28.8 Å². The van der Waals surface area contributed by atoms with Gasteiger partial charge in [0.1, 0.15) is 5.82 Å². The van der Waals surface area contributed by atoms with Gasteiger partial charge in [-0.25, -0.2) is 4.98 Å². The Morgan fingerprint density at radius 1 is 1.30 bits per heavy atom. The molecule has 5 N–H and O–H groups in total.